The van der Waals surface area contributed by atoms with Crippen molar-refractivity contribution in [2.75, 3.05) is 5.32 Å². The SMILES string of the molecule is CC(=O)Nc1cccc(CNC(=O)c2ccc(=O)n(-c3ccccc3)n2)c1. The lowest BCUT2D eigenvalue weighted by atomic mass is 10.2. The molecule has 7 nitrogen and oxygen atoms in total. The predicted octanol–water partition coefficient (Wildman–Crippen LogP) is 2.12. The van der Waals surface area contributed by atoms with E-state index in [2.05, 4.69) is 15.7 Å². The summed E-state index contributed by atoms with van der Waals surface area (Å²) < 4.78 is 1.19. The Bertz CT molecular complexity index is 1030. The van der Waals surface area contributed by atoms with Crippen LogP contribution in [0.1, 0.15) is 23.0 Å². The van der Waals surface area contributed by atoms with Crippen LogP contribution in [0.15, 0.2) is 71.5 Å². The fraction of sp³-hybridized carbons (Fsp3) is 0.100. The first-order chi connectivity index (χ1) is 13.0. The molecular weight excluding hydrogens is 344 g/mol. The van der Waals surface area contributed by atoms with Gasteiger partial charge in [0.2, 0.25) is 5.91 Å². The summed E-state index contributed by atoms with van der Waals surface area (Å²) in [6.45, 7) is 1.69. The van der Waals surface area contributed by atoms with Gasteiger partial charge in [0.05, 0.1) is 5.69 Å². The van der Waals surface area contributed by atoms with Crippen LogP contribution in [-0.4, -0.2) is 21.6 Å². The van der Waals surface area contributed by atoms with Gasteiger partial charge in [0.25, 0.3) is 11.5 Å². The van der Waals surface area contributed by atoms with E-state index in [1.165, 1.54) is 23.7 Å². The number of amides is 2. The van der Waals surface area contributed by atoms with Crippen LogP contribution in [0.4, 0.5) is 5.69 Å². The average Bonchev–Trinajstić information content (AvgIpc) is 2.67. The molecule has 0 aliphatic rings. The zero-order valence-electron chi connectivity index (χ0n) is 14.7. The normalized spacial score (nSPS) is 10.3. The third kappa shape index (κ3) is 4.66. The molecule has 2 amide bonds. The van der Waals surface area contributed by atoms with E-state index in [1.807, 2.05) is 12.1 Å². The molecule has 0 saturated carbocycles. The lowest BCUT2D eigenvalue weighted by Gasteiger charge is -2.09. The number of nitrogens with zero attached hydrogens (tertiary/aromatic N) is 2. The number of para-hydroxylation sites is 1. The molecule has 2 aromatic carbocycles. The van der Waals surface area contributed by atoms with Gasteiger partial charge < -0.3 is 10.6 Å². The van der Waals surface area contributed by atoms with E-state index < -0.39 is 5.91 Å². The minimum Gasteiger partial charge on any atom is -0.347 e. The number of hydrogen-bond acceptors (Lipinski definition) is 4. The summed E-state index contributed by atoms with van der Waals surface area (Å²) in [5.74, 6) is -0.562. The van der Waals surface area contributed by atoms with E-state index in [-0.39, 0.29) is 23.7 Å². The molecule has 0 aliphatic carbocycles. The molecule has 7 heteroatoms. The Morgan fingerprint density at radius 1 is 1.00 bits per heavy atom. The monoisotopic (exact) mass is 362 g/mol. The Kier molecular flexibility index (Phi) is 5.41. The van der Waals surface area contributed by atoms with E-state index in [0.717, 1.165) is 5.56 Å². The molecule has 1 heterocycles. The van der Waals surface area contributed by atoms with Crippen molar-refractivity contribution in [2.24, 2.45) is 0 Å². The van der Waals surface area contributed by atoms with Crippen LogP contribution >= 0.6 is 0 Å². The van der Waals surface area contributed by atoms with Gasteiger partial charge in [-0.3, -0.25) is 14.4 Å². The highest BCUT2D eigenvalue weighted by Gasteiger charge is 2.10. The molecule has 1 aromatic heterocycles. The zero-order valence-corrected chi connectivity index (χ0v) is 14.7. The summed E-state index contributed by atoms with van der Waals surface area (Å²) in [6.07, 6.45) is 0. The lowest BCUT2D eigenvalue weighted by molar-refractivity contribution is -0.114. The fourth-order valence-corrected chi connectivity index (χ4v) is 2.52. The molecule has 136 valence electrons. The number of hydrogen-bond donors (Lipinski definition) is 2. The highest BCUT2D eigenvalue weighted by atomic mass is 16.2. The van der Waals surface area contributed by atoms with E-state index >= 15 is 0 Å². The maximum absolute atomic E-state index is 12.4. The highest BCUT2D eigenvalue weighted by molar-refractivity contribution is 5.92. The van der Waals surface area contributed by atoms with Crippen molar-refractivity contribution in [3.05, 3.63) is 88.3 Å². The Labute approximate surface area is 155 Å². The molecule has 27 heavy (non-hydrogen) atoms. The van der Waals surface area contributed by atoms with Crippen molar-refractivity contribution in [1.82, 2.24) is 15.1 Å². The predicted molar refractivity (Wildman–Crippen MR) is 102 cm³/mol. The van der Waals surface area contributed by atoms with E-state index in [9.17, 15) is 14.4 Å². The molecule has 0 saturated heterocycles. The van der Waals surface area contributed by atoms with Crippen LogP contribution in [0.25, 0.3) is 5.69 Å². The average molecular weight is 362 g/mol. The minimum atomic E-state index is -0.399. The zero-order chi connectivity index (χ0) is 19.2. The summed E-state index contributed by atoms with van der Waals surface area (Å²) in [5, 5.41) is 9.61. The topological polar surface area (TPSA) is 93.1 Å². The van der Waals surface area contributed by atoms with Gasteiger partial charge in [-0.05, 0) is 35.9 Å². The molecule has 0 bridgehead atoms. The van der Waals surface area contributed by atoms with Crippen molar-refractivity contribution in [2.45, 2.75) is 13.5 Å². The first-order valence-corrected chi connectivity index (χ1v) is 8.33. The third-order valence-corrected chi connectivity index (χ3v) is 3.73. The molecular formula is C20H18N4O3. The Balaban J connectivity index is 1.74. The molecule has 0 atom stereocenters. The van der Waals surface area contributed by atoms with Gasteiger partial charge in [-0.2, -0.15) is 9.78 Å². The first-order valence-electron chi connectivity index (χ1n) is 8.33. The maximum atomic E-state index is 12.4. The molecule has 0 radical (unpaired) electrons. The molecule has 0 unspecified atom stereocenters. The Hall–Kier alpha value is -3.74. The van der Waals surface area contributed by atoms with E-state index in [1.54, 1.807) is 42.5 Å². The summed E-state index contributed by atoms with van der Waals surface area (Å²) in [5.41, 5.74) is 1.88. The highest BCUT2D eigenvalue weighted by Crippen LogP contribution is 2.10. The summed E-state index contributed by atoms with van der Waals surface area (Å²) in [7, 11) is 0. The standard InChI is InChI=1S/C20H18N4O3/c1-14(25)22-16-7-5-6-15(12-16)13-21-20(27)18-10-11-19(26)24(23-18)17-8-3-2-4-9-17/h2-12H,13H2,1H3,(H,21,27)(H,22,25). The molecule has 0 fully saturated rings. The molecule has 3 rings (SSSR count). The number of rotatable bonds is 5. The number of benzene rings is 2. The second-order valence-corrected chi connectivity index (χ2v) is 5.87. The van der Waals surface area contributed by atoms with Crippen molar-refractivity contribution in [3.63, 3.8) is 0 Å². The van der Waals surface area contributed by atoms with Gasteiger partial charge in [0.15, 0.2) is 0 Å². The number of carbonyl (C=O) groups excluding carboxylic acids is 2. The van der Waals surface area contributed by atoms with Gasteiger partial charge in [-0.25, -0.2) is 0 Å². The smallest absolute Gasteiger partial charge is 0.272 e. The maximum Gasteiger partial charge on any atom is 0.272 e. The largest absolute Gasteiger partial charge is 0.347 e. The van der Waals surface area contributed by atoms with Gasteiger partial charge in [-0.1, -0.05) is 30.3 Å². The number of carbonyl (C=O) groups is 2. The van der Waals surface area contributed by atoms with Gasteiger partial charge in [-0.15, -0.1) is 0 Å². The van der Waals surface area contributed by atoms with Crippen LogP contribution in [-0.2, 0) is 11.3 Å². The van der Waals surface area contributed by atoms with Crippen molar-refractivity contribution >= 4 is 17.5 Å². The third-order valence-electron chi connectivity index (χ3n) is 3.73. The van der Waals surface area contributed by atoms with Crippen molar-refractivity contribution in [1.29, 1.82) is 0 Å². The first kappa shape index (κ1) is 18.1. The van der Waals surface area contributed by atoms with E-state index in [4.69, 9.17) is 0 Å². The van der Waals surface area contributed by atoms with Crippen LogP contribution in [0, 0.1) is 0 Å². The van der Waals surface area contributed by atoms with Crippen LogP contribution in [0.5, 0.6) is 0 Å². The number of aromatic nitrogens is 2. The second-order valence-electron chi connectivity index (χ2n) is 5.87. The quantitative estimate of drug-likeness (QED) is 0.727. The van der Waals surface area contributed by atoms with Crippen LogP contribution in [0.3, 0.4) is 0 Å². The Morgan fingerprint density at radius 2 is 1.78 bits per heavy atom. The molecule has 0 spiro atoms. The summed E-state index contributed by atoms with van der Waals surface area (Å²) in [4.78, 5) is 35.6. The lowest BCUT2D eigenvalue weighted by Crippen LogP contribution is -2.28. The second kappa shape index (κ2) is 8.09. The van der Waals surface area contributed by atoms with Gasteiger partial charge >= 0.3 is 0 Å². The minimum absolute atomic E-state index is 0.136. The van der Waals surface area contributed by atoms with Crippen LogP contribution in [0.2, 0.25) is 0 Å². The number of anilines is 1. The summed E-state index contributed by atoms with van der Waals surface area (Å²) in [6, 6.07) is 18.8. The van der Waals surface area contributed by atoms with Crippen LogP contribution < -0.4 is 16.2 Å². The Morgan fingerprint density at radius 3 is 2.52 bits per heavy atom. The molecule has 3 aromatic rings. The summed E-state index contributed by atoms with van der Waals surface area (Å²) >= 11 is 0. The molecule has 0 aliphatic heterocycles. The van der Waals surface area contributed by atoms with Crippen molar-refractivity contribution < 1.29 is 9.59 Å². The fourth-order valence-electron chi connectivity index (χ4n) is 2.52. The number of nitrogens with one attached hydrogen (secondary N) is 2. The van der Waals surface area contributed by atoms with E-state index in [0.29, 0.717) is 11.4 Å². The van der Waals surface area contributed by atoms with Crippen molar-refractivity contribution in [3.8, 4) is 5.69 Å². The van der Waals surface area contributed by atoms with Gasteiger partial charge in [0, 0.05) is 25.2 Å². The molecule has 2 N–H and O–H groups in total. The van der Waals surface area contributed by atoms with Gasteiger partial charge in [0.1, 0.15) is 5.69 Å².